The van der Waals surface area contributed by atoms with E-state index in [0.29, 0.717) is 19.3 Å². The summed E-state index contributed by atoms with van der Waals surface area (Å²) in [5.41, 5.74) is 0. The maximum Gasteiger partial charge on any atom is 0.306 e. The molecule has 0 saturated carbocycles. The molecule has 0 fully saturated rings. The summed E-state index contributed by atoms with van der Waals surface area (Å²) in [4.78, 5) is 38.2. The van der Waals surface area contributed by atoms with Gasteiger partial charge in [-0.25, -0.2) is 0 Å². The van der Waals surface area contributed by atoms with Gasteiger partial charge >= 0.3 is 17.9 Å². The van der Waals surface area contributed by atoms with E-state index in [0.717, 1.165) is 148 Å². The predicted molar refractivity (Wildman–Crippen MR) is 343 cm³/mol. The van der Waals surface area contributed by atoms with Crippen LogP contribution in [0.4, 0.5) is 0 Å². The quantitative estimate of drug-likeness (QED) is 0.0261. The molecule has 440 valence electrons. The van der Waals surface area contributed by atoms with Crippen LogP contribution in [0, 0.1) is 0 Å². The maximum atomic E-state index is 12.9. The second-order valence-corrected chi connectivity index (χ2v) is 19.9. The van der Waals surface area contributed by atoms with Crippen LogP contribution in [0.5, 0.6) is 0 Å². The van der Waals surface area contributed by atoms with Gasteiger partial charge in [-0.3, -0.25) is 14.4 Å². The van der Waals surface area contributed by atoms with E-state index < -0.39 is 6.10 Å². The van der Waals surface area contributed by atoms with E-state index in [2.05, 4.69) is 203 Å². The molecule has 0 aromatic heterocycles. The fourth-order valence-electron chi connectivity index (χ4n) is 7.79. The molecule has 0 aliphatic rings. The third kappa shape index (κ3) is 63.2. The van der Waals surface area contributed by atoms with Gasteiger partial charge in [0.05, 0.1) is 0 Å². The zero-order valence-corrected chi connectivity index (χ0v) is 50.3. The molecule has 0 spiro atoms. The van der Waals surface area contributed by atoms with Crippen LogP contribution in [0.1, 0.15) is 239 Å². The van der Waals surface area contributed by atoms with Gasteiger partial charge in [-0.2, -0.15) is 0 Å². The molecule has 1 unspecified atom stereocenters. The van der Waals surface area contributed by atoms with Crippen molar-refractivity contribution in [1.29, 1.82) is 0 Å². The van der Waals surface area contributed by atoms with Crippen molar-refractivity contribution in [2.24, 2.45) is 0 Å². The molecule has 0 N–H and O–H groups in total. The van der Waals surface area contributed by atoms with Crippen molar-refractivity contribution < 1.29 is 28.6 Å². The minimum Gasteiger partial charge on any atom is -0.462 e. The highest BCUT2D eigenvalue weighted by molar-refractivity contribution is 5.71. The second-order valence-electron chi connectivity index (χ2n) is 19.9. The smallest absolute Gasteiger partial charge is 0.306 e. The lowest BCUT2D eigenvalue weighted by Gasteiger charge is -2.18. The summed E-state index contributed by atoms with van der Waals surface area (Å²) >= 11 is 0. The van der Waals surface area contributed by atoms with Crippen LogP contribution in [0.25, 0.3) is 0 Å². The number of hydrogen-bond donors (Lipinski definition) is 0. The van der Waals surface area contributed by atoms with E-state index in [1.807, 2.05) is 0 Å². The summed E-state index contributed by atoms with van der Waals surface area (Å²) in [5.74, 6) is -1.01. The standard InChI is InChI=1S/C73H112O6/c1-4-7-10-13-16-19-21-23-25-27-29-31-33-35-36-38-39-41-43-45-47-49-51-54-57-60-63-66-72(75)78-69-70(68-77-71(74)65-62-59-56-53-18-15-12-9-6-3)79-73(76)67-64-61-58-55-52-50-48-46-44-42-40-37-34-32-30-28-26-24-22-20-17-14-11-8-5-2/h7-8,10-11,16-17,19-20,23-26,29-32,35-37,39-41,44-47,50-52,54,70H,4-6,9,12-15,18,21-22,27-28,33-34,38,42-43,48-49,53,55-69H2,1-3H3/b10-7-,11-8-,19-16-,20-17-,25-23-,26-24-,31-29-,32-30-,36-35-,40-37-,41-39-,46-44-,47-45-,52-50-,54-51-. The number of carbonyl (C=O) groups is 3. The first-order valence-electron chi connectivity index (χ1n) is 31.3. The Hall–Kier alpha value is -5.49. The van der Waals surface area contributed by atoms with Gasteiger partial charge in [0.2, 0.25) is 0 Å². The van der Waals surface area contributed by atoms with Crippen LogP contribution >= 0.6 is 0 Å². The average molecular weight is 1090 g/mol. The molecule has 0 amide bonds. The number of unbranched alkanes of at least 4 members (excludes halogenated alkanes) is 13. The Morgan fingerprint density at radius 3 is 0.797 bits per heavy atom. The van der Waals surface area contributed by atoms with Crippen LogP contribution in [-0.4, -0.2) is 37.2 Å². The molecule has 0 aromatic rings. The van der Waals surface area contributed by atoms with Crippen LogP contribution in [-0.2, 0) is 28.6 Å². The molecule has 1 atom stereocenters. The monoisotopic (exact) mass is 1080 g/mol. The highest BCUT2D eigenvalue weighted by atomic mass is 16.6. The highest BCUT2D eigenvalue weighted by Gasteiger charge is 2.19. The van der Waals surface area contributed by atoms with Crippen LogP contribution < -0.4 is 0 Å². The summed E-state index contributed by atoms with van der Waals surface area (Å²) < 4.78 is 16.8. The lowest BCUT2D eigenvalue weighted by molar-refractivity contribution is -0.167. The number of esters is 3. The number of rotatable bonds is 54. The Morgan fingerprint density at radius 2 is 0.494 bits per heavy atom. The van der Waals surface area contributed by atoms with Gasteiger partial charge in [-0.15, -0.1) is 0 Å². The van der Waals surface area contributed by atoms with E-state index in [-0.39, 0.29) is 44.0 Å². The van der Waals surface area contributed by atoms with Crippen molar-refractivity contribution in [2.75, 3.05) is 13.2 Å². The predicted octanol–water partition coefficient (Wildman–Crippen LogP) is 21.7. The first-order valence-corrected chi connectivity index (χ1v) is 31.3. The van der Waals surface area contributed by atoms with Crippen molar-refractivity contribution in [3.05, 3.63) is 182 Å². The van der Waals surface area contributed by atoms with E-state index in [1.165, 1.54) is 38.5 Å². The molecule has 0 rings (SSSR count). The highest BCUT2D eigenvalue weighted by Crippen LogP contribution is 2.13. The molecule has 0 saturated heterocycles. The van der Waals surface area contributed by atoms with Crippen molar-refractivity contribution in [2.45, 2.75) is 245 Å². The topological polar surface area (TPSA) is 78.9 Å². The molecule has 0 bridgehead atoms. The maximum absolute atomic E-state index is 12.9. The van der Waals surface area contributed by atoms with Crippen molar-refractivity contribution in [3.63, 3.8) is 0 Å². The summed E-state index contributed by atoms with van der Waals surface area (Å²) in [6.45, 7) is 6.31. The molecule has 0 heterocycles. The minimum absolute atomic E-state index is 0.114. The van der Waals surface area contributed by atoms with E-state index >= 15 is 0 Å². The third-order valence-electron chi connectivity index (χ3n) is 12.4. The Labute approximate surface area is 484 Å². The van der Waals surface area contributed by atoms with Gasteiger partial charge < -0.3 is 14.2 Å². The lowest BCUT2D eigenvalue weighted by Crippen LogP contribution is -2.30. The van der Waals surface area contributed by atoms with Crippen LogP contribution in [0.3, 0.4) is 0 Å². The number of carbonyl (C=O) groups excluding carboxylic acids is 3. The fourth-order valence-corrected chi connectivity index (χ4v) is 7.79. The number of allylic oxidation sites excluding steroid dienone is 30. The van der Waals surface area contributed by atoms with E-state index in [4.69, 9.17) is 14.2 Å². The van der Waals surface area contributed by atoms with Crippen LogP contribution in [0.2, 0.25) is 0 Å². The zero-order valence-electron chi connectivity index (χ0n) is 50.3. The summed E-state index contributed by atoms with van der Waals surface area (Å²) in [5, 5.41) is 0. The van der Waals surface area contributed by atoms with Gasteiger partial charge in [-0.1, -0.05) is 261 Å². The first kappa shape index (κ1) is 73.5. The fraction of sp³-hybridized carbons (Fsp3) is 0.548. The summed E-state index contributed by atoms with van der Waals surface area (Å²) in [6.07, 6.45) is 97.6. The molecule has 0 radical (unpaired) electrons. The average Bonchev–Trinajstić information content (AvgIpc) is 3.45. The molecule has 6 nitrogen and oxygen atoms in total. The SMILES string of the molecule is CC/C=C\C/C=C\C/C=C\C/C=C\C/C=C\C/C=C\C/C=C\C/C=C\CCCCC(=O)OCC(COC(=O)CCCCCCCCCCC)OC(=O)CCCCC/C=C\C/C=C\C/C=C\C/C=C\C/C=C\C/C=C\C/C=C\CC. The lowest BCUT2D eigenvalue weighted by atomic mass is 10.1. The van der Waals surface area contributed by atoms with Crippen molar-refractivity contribution in [1.82, 2.24) is 0 Å². The third-order valence-corrected chi connectivity index (χ3v) is 12.4. The Kier molecular flexibility index (Phi) is 60.5. The van der Waals surface area contributed by atoms with Crippen molar-refractivity contribution >= 4 is 17.9 Å². The zero-order chi connectivity index (χ0) is 57.1. The molecule has 0 aliphatic heterocycles. The Balaban J connectivity index is 4.45. The van der Waals surface area contributed by atoms with E-state index in [1.54, 1.807) is 0 Å². The summed E-state index contributed by atoms with van der Waals surface area (Å²) in [6, 6.07) is 0. The van der Waals surface area contributed by atoms with Gasteiger partial charge in [0, 0.05) is 19.3 Å². The van der Waals surface area contributed by atoms with Gasteiger partial charge in [0.1, 0.15) is 13.2 Å². The molecular weight excluding hydrogens is 973 g/mol. The van der Waals surface area contributed by atoms with Crippen LogP contribution in [0.15, 0.2) is 182 Å². The van der Waals surface area contributed by atoms with Gasteiger partial charge in [-0.05, 0) is 141 Å². The Morgan fingerprint density at radius 1 is 0.266 bits per heavy atom. The normalized spacial score (nSPS) is 13.4. The second kappa shape index (κ2) is 65.0. The number of ether oxygens (including phenoxy) is 3. The minimum atomic E-state index is -0.823. The first-order chi connectivity index (χ1) is 39.0. The molecule has 6 heteroatoms. The van der Waals surface area contributed by atoms with Gasteiger partial charge in [0.15, 0.2) is 6.10 Å². The summed E-state index contributed by atoms with van der Waals surface area (Å²) in [7, 11) is 0. The van der Waals surface area contributed by atoms with Gasteiger partial charge in [0.25, 0.3) is 0 Å². The van der Waals surface area contributed by atoms with E-state index in [9.17, 15) is 14.4 Å². The Bertz CT molecular complexity index is 1870. The molecule has 79 heavy (non-hydrogen) atoms. The van der Waals surface area contributed by atoms with Crippen molar-refractivity contribution in [3.8, 4) is 0 Å². The molecule has 0 aromatic carbocycles. The molecular formula is C73H112O6. The molecule has 0 aliphatic carbocycles. The largest absolute Gasteiger partial charge is 0.462 e. The number of hydrogen-bond acceptors (Lipinski definition) is 6.